The first kappa shape index (κ1) is 7.35. The molecule has 0 saturated heterocycles. The molecular formula is C10H17N. The van der Waals surface area contributed by atoms with Crippen LogP contribution in [0.15, 0.2) is 11.6 Å². The summed E-state index contributed by atoms with van der Waals surface area (Å²) in [6, 6.07) is 0.345. The van der Waals surface area contributed by atoms with Crippen LogP contribution in [0, 0.1) is 17.3 Å². The van der Waals surface area contributed by atoms with Crippen LogP contribution in [0.1, 0.15) is 27.2 Å². The van der Waals surface area contributed by atoms with Gasteiger partial charge in [0.15, 0.2) is 0 Å². The Balaban J connectivity index is 2.22. The van der Waals surface area contributed by atoms with E-state index in [1.807, 2.05) is 0 Å². The van der Waals surface area contributed by atoms with Gasteiger partial charge in [0, 0.05) is 6.04 Å². The Labute approximate surface area is 68.7 Å². The van der Waals surface area contributed by atoms with E-state index in [2.05, 4.69) is 26.8 Å². The summed E-state index contributed by atoms with van der Waals surface area (Å²) in [6.07, 6.45) is 3.60. The maximum Gasteiger partial charge on any atom is 0.0254 e. The highest BCUT2D eigenvalue weighted by atomic mass is 14.7. The Kier molecular flexibility index (Phi) is 1.26. The van der Waals surface area contributed by atoms with Gasteiger partial charge >= 0.3 is 0 Å². The lowest BCUT2D eigenvalue weighted by Crippen LogP contribution is -2.24. The van der Waals surface area contributed by atoms with E-state index in [4.69, 9.17) is 5.73 Å². The average molecular weight is 151 g/mol. The summed E-state index contributed by atoms with van der Waals surface area (Å²) < 4.78 is 0. The van der Waals surface area contributed by atoms with E-state index >= 15 is 0 Å². The van der Waals surface area contributed by atoms with E-state index in [0.29, 0.717) is 11.5 Å². The maximum atomic E-state index is 5.95. The Morgan fingerprint density at radius 1 is 1.55 bits per heavy atom. The largest absolute Gasteiger partial charge is 0.324 e. The second-order valence-electron chi connectivity index (χ2n) is 4.71. The van der Waals surface area contributed by atoms with E-state index in [1.165, 1.54) is 12.0 Å². The number of nitrogens with two attached hydrogens (primary N) is 1. The van der Waals surface area contributed by atoms with Crippen molar-refractivity contribution in [2.75, 3.05) is 0 Å². The molecule has 1 saturated carbocycles. The molecule has 1 nitrogen and oxygen atoms in total. The van der Waals surface area contributed by atoms with Crippen LogP contribution in [0.25, 0.3) is 0 Å². The third-order valence-electron chi connectivity index (χ3n) is 3.67. The summed E-state index contributed by atoms with van der Waals surface area (Å²) in [4.78, 5) is 0. The Hall–Kier alpha value is -0.300. The number of allylic oxidation sites excluding steroid dienone is 1. The topological polar surface area (TPSA) is 26.0 Å². The van der Waals surface area contributed by atoms with Crippen molar-refractivity contribution < 1.29 is 0 Å². The van der Waals surface area contributed by atoms with Gasteiger partial charge in [0.1, 0.15) is 0 Å². The van der Waals surface area contributed by atoms with Gasteiger partial charge in [-0.3, -0.25) is 0 Å². The van der Waals surface area contributed by atoms with E-state index < -0.39 is 0 Å². The average Bonchev–Trinajstić information content (AvgIpc) is 2.39. The minimum atomic E-state index is 0.345. The molecule has 11 heavy (non-hydrogen) atoms. The molecule has 1 heteroatoms. The van der Waals surface area contributed by atoms with E-state index in [1.54, 1.807) is 0 Å². The van der Waals surface area contributed by atoms with Crippen LogP contribution in [0.3, 0.4) is 0 Å². The third-order valence-corrected chi connectivity index (χ3v) is 3.67. The number of rotatable bonds is 0. The molecule has 2 aliphatic rings. The fraction of sp³-hybridized carbons (Fsp3) is 0.800. The van der Waals surface area contributed by atoms with E-state index in [9.17, 15) is 0 Å². The first-order valence-electron chi connectivity index (χ1n) is 4.47. The first-order valence-corrected chi connectivity index (χ1v) is 4.47. The van der Waals surface area contributed by atoms with Gasteiger partial charge in [-0.25, -0.2) is 0 Å². The van der Waals surface area contributed by atoms with E-state index in [-0.39, 0.29) is 0 Å². The minimum absolute atomic E-state index is 0.345. The SMILES string of the molecule is CC1=CC2C(CC1N)C2(C)C. The van der Waals surface area contributed by atoms with Gasteiger partial charge in [-0.15, -0.1) is 0 Å². The Morgan fingerprint density at radius 3 is 2.73 bits per heavy atom. The van der Waals surface area contributed by atoms with Crippen LogP contribution in [0.2, 0.25) is 0 Å². The summed E-state index contributed by atoms with van der Waals surface area (Å²) >= 11 is 0. The Morgan fingerprint density at radius 2 is 2.18 bits per heavy atom. The molecule has 0 aliphatic heterocycles. The zero-order valence-electron chi connectivity index (χ0n) is 7.59. The zero-order chi connectivity index (χ0) is 8.22. The van der Waals surface area contributed by atoms with Crippen molar-refractivity contribution in [2.24, 2.45) is 23.0 Å². The van der Waals surface area contributed by atoms with Crippen molar-refractivity contribution in [3.8, 4) is 0 Å². The lowest BCUT2D eigenvalue weighted by Gasteiger charge is -2.15. The number of hydrogen-bond acceptors (Lipinski definition) is 1. The zero-order valence-corrected chi connectivity index (χ0v) is 7.59. The highest BCUT2D eigenvalue weighted by Gasteiger charge is 2.57. The molecule has 1 fully saturated rings. The van der Waals surface area contributed by atoms with Gasteiger partial charge in [-0.05, 0) is 30.6 Å². The minimum Gasteiger partial charge on any atom is -0.324 e. The van der Waals surface area contributed by atoms with Gasteiger partial charge in [0.2, 0.25) is 0 Å². The van der Waals surface area contributed by atoms with Crippen LogP contribution in [-0.2, 0) is 0 Å². The number of hydrogen-bond donors (Lipinski definition) is 1. The highest BCUT2D eigenvalue weighted by Crippen LogP contribution is 2.63. The van der Waals surface area contributed by atoms with Crippen molar-refractivity contribution in [1.82, 2.24) is 0 Å². The maximum absolute atomic E-state index is 5.95. The summed E-state index contributed by atoms with van der Waals surface area (Å²) in [7, 11) is 0. The number of fused-ring (bicyclic) bond motifs is 1. The second kappa shape index (κ2) is 1.89. The normalized spacial score (nSPS) is 46.2. The highest BCUT2D eigenvalue weighted by molar-refractivity contribution is 5.26. The fourth-order valence-corrected chi connectivity index (χ4v) is 2.43. The van der Waals surface area contributed by atoms with Crippen molar-refractivity contribution in [2.45, 2.75) is 33.2 Å². The quantitative estimate of drug-likeness (QED) is 0.526. The van der Waals surface area contributed by atoms with Gasteiger partial charge in [0.25, 0.3) is 0 Å². The predicted octanol–water partition coefficient (Wildman–Crippen LogP) is 1.94. The van der Waals surface area contributed by atoms with Crippen LogP contribution in [0.5, 0.6) is 0 Å². The molecule has 3 unspecified atom stereocenters. The van der Waals surface area contributed by atoms with Crippen molar-refractivity contribution in [3.63, 3.8) is 0 Å². The fourth-order valence-electron chi connectivity index (χ4n) is 2.43. The first-order chi connectivity index (χ1) is 5.03. The molecule has 2 N–H and O–H groups in total. The standard InChI is InChI=1S/C10H17N/c1-6-4-7-8(5-9(6)11)10(7,2)3/h4,7-9H,5,11H2,1-3H3. The van der Waals surface area contributed by atoms with Gasteiger partial charge in [0.05, 0.1) is 0 Å². The lowest BCUT2D eigenvalue weighted by atomic mass is 9.96. The smallest absolute Gasteiger partial charge is 0.0254 e. The van der Waals surface area contributed by atoms with Crippen LogP contribution >= 0.6 is 0 Å². The third kappa shape index (κ3) is 0.871. The molecule has 0 amide bonds. The molecule has 0 spiro atoms. The van der Waals surface area contributed by atoms with Crippen LogP contribution < -0.4 is 5.73 Å². The molecular weight excluding hydrogens is 134 g/mol. The van der Waals surface area contributed by atoms with Crippen molar-refractivity contribution >= 4 is 0 Å². The second-order valence-corrected chi connectivity index (χ2v) is 4.71. The molecule has 0 aromatic heterocycles. The van der Waals surface area contributed by atoms with Gasteiger partial charge < -0.3 is 5.73 Å². The molecule has 3 atom stereocenters. The molecule has 62 valence electrons. The summed E-state index contributed by atoms with van der Waals surface area (Å²) in [5.74, 6) is 1.71. The van der Waals surface area contributed by atoms with Crippen LogP contribution in [0.4, 0.5) is 0 Å². The van der Waals surface area contributed by atoms with Crippen molar-refractivity contribution in [1.29, 1.82) is 0 Å². The molecule has 2 aliphatic carbocycles. The molecule has 2 rings (SSSR count). The summed E-state index contributed by atoms with van der Waals surface area (Å²) in [5, 5.41) is 0. The lowest BCUT2D eigenvalue weighted by molar-refractivity contribution is 0.507. The van der Waals surface area contributed by atoms with Crippen molar-refractivity contribution in [3.05, 3.63) is 11.6 Å². The molecule has 0 aromatic carbocycles. The molecule has 0 aromatic rings. The van der Waals surface area contributed by atoms with E-state index in [0.717, 1.165) is 11.8 Å². The molecule has 0 bridgehead atoms. The van der Waals surface area contributed by atoms with Crippen LogP contribution in [-0.4, -0.2) is 6.04 Å². The Bertz CT molecular complexity index is 215. The van der Waals surface area contributed by atoms with Gasteiger partial charge in [-0.2, -0.15) is 0 Å². The predicted molar refractivity (Wildman–Crippen MR) is 47.1 cm³/mol. The summed E-state index contributed by atoms with van der Waals surface area (Å²) in [5.41, 5.74) is 7.90. The van der Waals surface area contributed by atoms with Gasteiger partial charge in [-0.1, -0.05) is 25.5 Å². The molecule has 0 radical (unpaired) electrons. The molecule has 0 heterocycles. The summed E-state index contributed by atoms with van der Waals surface area (Å²) in [6.45, 7) is 6.86. The monoisotopic (exact) mass is 151 g/mol.